The van der Waals surface area contributed by atoms with E-state index in [9.17, 15) is 4.79 Å². The van der Waals surface area contributed by atoms with E-state index in [2.05, 4.69) is 27.2 Å². The summed E-state index contributed by atoms with van der Waals surface area (Å²) in [6.45, 7) is 1.40. The quantitative estimate of drug-likeness (QED) is 0.540. The molecule has 0 aliphatic carbocycles. The third-order valence-corrected chi connectivity index (χ3v) is 5.31. The highest BCUT2D eigenvalue weighted by Crippen LogP contribution is 2.20. The minimum Gasteiger partial charge on any atom is -0.497 e. The molecule has 26 heavy (non-hydrogen) atoms. The van der Waals surface area contributed by atoms with Crippen molar-refractivity contribution in [1.82, 2.24) is 24.1 Å². The zero-order valence-electron chi connectivity index (χ0n) is 14.8. The highest BCUT2D eigenvalue weighted by atomic mass is 32.1. The molecule has 7 nitrogen and oxygen atoms in total. The molecule has 1 aromatic carbocycles. The van der Waals surface area contributed by atoms with Gasteiger partial charge in [0.1, 0.15) is 10.4 Å². The Labute approximate surface area is 154 Å². The van der Waals surface area contributed by atoms with Crippen molar-refractivity contribution in [3.05, 3.63) is 57.5 Å². The summed E-state index contributed by atoms with van der Waals surface area (Å²) >= 11 is 1.44. The third-order valence-electron chi connectivity index (χ3n) is 4.42. The second-order valence-corrected chi connectivity index (χ2v) is 7.19. The lowest BCUT2D eigenvalue weighted by Gasteiger charge is -2.16. The molecule has 0 N–H and O–H groups in total. The summed E-state index contributed by atoms with van der Waals surface area (Å²) < 4.78 is 9.45. The lowest BCUT2D eigenvalue weighted by atomic mass is 10.2. The fraction of sp³-hybridized carbons (Fsp3) is 0.278. The maximum Gasteiger partial charge on any atom is 0.272 e. The van der Waals surface area contributed by atoms with E-state index in [1.165, 1.54) is 16.9 Å². The summed E-state index contributed by atoms with van der Waals surface area (Å²) in [6, 6.07) is 9.97. The van der Waals surface area contributed by atoms with Gasteiger partial charge in [0, 0.05) is 13.6 Å². The van der Waals surface area contributed by atoms with Crippen molar-refractivity contribution in [2.75, 3.05) is 14.2 Å². The Kier molecular flexibility index (Phi) is 4.21. The molecule has 0 saturated heterocycles. The minimum atomic E-state index is -0.0342. The van der Waals surface area contributed by atoms with E-state index >= 15 is 0 Å². The molecule has 3 aromatic heterocycles. The minimum absolute atomic E-state index is 0.0342. The molecular formula is C18H19N5O2S. The van der Waals surface area contributed by atoms with Crippen molar-refractivity contribution in [1.29, 1.82) is 0 Å². The monoisotopic (exact) mass is 369 g/mol. The molecule has 0 fully saturated rings. The summed E-state index contributed by atoms with van der Waals surface area (Å²) in [6.07, 6.45) is 0. The van der Waals surface area contributed by atoms with Crippen LogP contribution in [0.25, 0.3) is 16.0 Å². The van der Waals surface area contributed by atoms with E-state index in [0.717, 1.165) is 28.3 Å². The van der Waals surface area contributed by atoms with E-state index in [1.807, 2.05) is 35.0 Å². The molecule has 4 rings (SSSR count). The van der Waals surface area contributed by atoms with Crippen LogP contribution >= 0.6 is 11.3 Å². The predicted octanol–water partition coefficient (Wildman–Crippen LogP) is 2.28. The Bertz CT molecular complexity index is 1130. The number of nitrogens with zero attached hydrogens (tertiary/aromatic N) is 5. The Morgan fingerprint density at radius 1 is 1.15 bits per heavy atom. The SMILES string of the molecule is COc1ccc(CN(C)Cc2nnc3n(C)c(=O)c4sccc4n23)cc1. The van der Waals surface area contributed by atoms with Crippen molar-refractivity contribution in [2.45, 2.75) is 13.1 Å². The Morgan fingerprint density at radius 3 is 2.65 bits per heavy atom. The van der Waals surface area contributed by atoms with E-state index in [1.54, 1.807) is 18.7 Å². The summed E-state index contributed by atoms with van der Waals surface area (Å²) in [5, 5.41) is 10.5. The van der Waals surface area contributed by atoms with Gasteiger partial charge in [-0.1, -0.05) is 12.1 Å². The van der Waals surface area contributed by atoms with E-state index in [-0.39, 0.29) is 5.56 Å². The lowest BCUT2D eigenvalue weighted by molar-refractivity contribution is 0.309. The molecule has 3 heterocycles. The Balaban J connectivity index is 1.65. The number of fused-ring (bicyclic) bond motifs is 3. The standard InChI is InChI=1S/C18H19N5O2S/c1-21(10-12-4-6-13(25-3)7-5-12)11-15-19-20-18-22(2)17(24)16-14(23(15)18)8-9-26-16/h4-9H,10-11H2,1-3H3. The highest BCUT2D eigenvalue weighted by Gasteiger charge is 2.16. The smallest absolute Gasteiger partial charge is 0.272 e. The molecule has 0 atom stereocenters. The van der Waals surface area contributed by atoms with Crippen molar-refractivity contribution >= 4 is 27.3 Å². The van der Waals surface area contributed by atoms with Gasteiger partial charge in [0.15, 0.2) is 5.82 Å². The van der Waals surface area contributed by atoms with Crippen molar-refractivity contribution in [2.24, 2.45) is 7.05 Å². The number of thiophene rings is 1. The van der Waals surface area contributed by atoms with Gasteiger partial charge in [0.05, 0.1) is 19.2 Å². The zero-order chi connectivity index (χ0) is 18.3. The predicted molar refractivity (Wildman–Crippen MR) is 102 cm³/mol. The maximum absolute atomic E-state index is 12.4. The van der Waals surface area contributed by atoms with E-state index in [0.29, 0.717) is 12.3 Å². The first-order valence-electron chi connectivity index (χ1n) is 8.20. The second-order valence-electron chi connectivity index (χ2n) is 6.27. The van der Waals surface area contributed by atoms with Crippen molar-refractivity contribution < 1.29 is 4.74 Å². The molecule has 134 valence electrons. The normalized spacial score (nSPS) is 11.7. The van der Waals surface area contributed by atoms with Crippen molar-refractivity contribution in [3.8, 4) is 5.75 Å². The second kappa shape index (κ2) is 6.54. The molecule has 0 bridgehead atoms. The molecule has 8 heteroatoms. The van der Waals surface area contributed by atoms with Gasteiger partial charge in [0.2, 0.25) is 5.78 Å². The molecule has 0 aliphatic rings. The number of methoxy groups -OCH3 is 1. The lowest BCUT2D eigenvalue weighted by Crippen LogP contribution is -2.21. The molecule has 0 aliphatic heterocycles. The van der Waals surface area contributed by atoms with Crippen LogP contribution in [0.5, 0.6) is 5.75 Å². The van der Waals surface area contributed by atoms with Gasteiger partial charge >= 0.3 is 0 Å². The molecule has 0 spiro atoms. The largest absolute Gasteiger partial charge is 0.497 e. The van der Waals surface area contributed by atoms with Gasteiger partial charge < -0.3 is 4.74 Å². The number of aromatic nitrogens is 4. The summed E-state index contributed by atoms with van der Waals surface area (Å²) in [7, 11) is 5.43. The van der Waals surface area contributed by atoms with Crippen molar-refractivity contribution in [3.63, 3.8) is 0 Å². The van der Waals surface area contributed by atoms with Crippen LogP contribution in [0.1, 0.15) is 11.4 Å². The van der Waals surface area contributed by atoms with Crippen LogP contribution in [0.4, 0.5) is 0 Å². The van der Waals surface area contributed by atoms with Gasteiger partial charge in [-0.15, -0.1) is 21.5 Å². The average molecular weight is 369 g/mol. The number of benzene rings is 1. The van der Waals surface area contributed by atoms with Crippen LogP contribution in [-0.4, -0.2) is 38.2 Å². The van der Waals surface area contributed by atoms with Crippen LogP contribution in [0.3, 0.4) is 0 Å². The molecule has 0 unspecified atom stereocenters. The van der Waals surface area contributed by atoms with Crippen LogP contribution < -0.4 is 10.3 Å². The highest BCUT2D eigenvalue weighted by molar-refractivity contribution is 7.17. The van der Waals surface area contributed by atoms with Crippen LogP contribution in [0, 0.1) is 0 Å². The van der Waals surface area contributed by atoms with E-state index in [4.69, 9.17) is 4.74 Å². The number of ether oxygens (including phenoxy) is 1. The van der Waals surface area contributed by atoms with Gasteiger partial charge in [-0.25, -0.2) is 0 Å². The average Bonchev–Trinajstić information content (AvgIpc) is 3.27. The Hall–Kier alpha value is -2.71. The number of hydrogen-bond acceptors (Lipinski definition) is 6. The zero-order valence-corrected chi connectivity index (χ0v) is 15.7. The van der Waals surface area contributed by atoms with Crippen LogP contribution in [-0.2, 0) is 20.1 Å². The van der Waals surface area contributed by atoms with Gasteiger partial charge in [-0.05, 0) is 36.2 Å². The first-order valence-corrected chi connectivity index (χ1v) is 9.08. The van der Waals surface area contributed by atoms with Gasteiger partial charge in [0.25, 0.3) is 5.56 Å². The third kappa shape index (κ3) is 2.77. The number of hydrogen-bond donors (Lipinski definition) is 0. The number of aryl methyl sites for hydroxylation is 1. The molecule has 0 saturated carbocycles. The topological polar surface area (TPSA) is 64.7 Å². The first-order chi connectivity index (χ1) is 12.6. The maximum atomic E-state index is 12.4. The van der Waals surface area contributed by atoms with E-state index < -0.39 is 0 Å². The Morgan fingerprint density at radius 2 is 1.92 bits per heavy atom. The number of rotatable bonds is 5. The van der Waals surface area contributed by atoms with Gasteiger partial charge in [-0.3, -0.25) is 18.7 Å². The van der Waals surface area contributed by atoms with Crippen LogP contribution in [0.2, 0.25) is 0 Å². The summed E-state index contributed by atoms with van der Waals surface area (Å²) in [5.41, 5.74) is 2.02. The van der Waals surface area contributed by atoms with Gasteiger partial charge in [-0.2, -0.15) is 0 Å². The molecule has 0 radical (unpaired) electrons. The molecule has 4 aromatic rings. The summed E-state index contributed by atoms with van der Waals surface area (Å²) in [4.78, 5) is 14.6. The molecule has 0 amide bonds. The fourth-order valence-corrected chi connectivity index (χ4v) is 3.95. The summed E-state index contributed by atoms with van der Waals surface area (Å²) in [5.74, 6) is 2.23. The fourth-order valence-electron chi connectivity index (χ4n) is 3.10. The van der Waals surface area contributed by atoms with Crippen LogP contribution in [0.15, 0.2) is 40.5 Å². The first kappa shape index (κ1) is 16.7. The molecular weight excluding hydrogens is 350 g/mol.